The van der Waals surface area contributed by atoms with E-state index in [1.807, 2.05) is 0 Å². The van der Waals surface area contributed by atoms with Gasteiger partial charge in [-0.15, -0.1) is 0 Å². The fourth-order valence-corrected chi connectivity index (χ4v) is 1.79. The van der Waals surface area contributed by atoms with Gasteiger partial charge in [0.1, 0.15) is 0 Å². The number of para-hydroxylation sites is 1. The Bertz CT molecular complexity index is 683. The van der Waals surface area contributed by atoms with Crippen LogP contribution in [-0.2, 0) is 9.59 Å². The van der Waals surface area contributed by atoms with Gasteiger partial charge in [0, 0.05) is 23.5 Å². The predicted octanol–water partition coefficient (Wildman–Crippen LogP) is 1.74. The van der Waals surface area contributed by atoms with Crippen LogP contribution in [0, 0.1) is 10.1 Å². The van der Waals surface area contributed by atoms with Gasteiger partial charge < -0.3 is 5.73 Å². The van der Waals surface area contributed by atoms with Gasteiger partial charge >= 0.3 is 11.8 Å². The number of carbonyl (C=O) groups excluding carboxylic acids is 2. The molecule has 7 heteroatoms. The number of nitro benzene ring substituents is 1. The molecule has 2 amide bonds. The molecule has 0 atom stereocenters. The maximum atomic E-state index is 12.0. The van der Waals surface area contributed by atoms with Gasteiger partial charge in [-0.25, -0.2) is 0 Å². The summed E-state index contributed by atoms with van der Waals surface area (Å²) in [5.41, 5.74) is 5.69. The second-order valence-electron chi connectivity index (χ2n) is 4.11. The fourth-order valence-electron chi connectivity index (χ4n) is 1.79. The number of rotatable bonds is 3. The number of nitro groups is 1. The largest absolute Gasteiger partial charge is 0.361 e. The highest BCUT2D eigenvalue weighted by Crippen LogP contribution is 2.27. The lowest BCUT2D eigenvalue weighted by Crippen LogP contribution is -2.37. The van der Waals surface area contributed by atoms with Crippen LogP contribution in [0.15, 0.2) is 54.6 Å². The summed E-state index contributed by atoms with van der Waals surface area (Å²) in [5, 5.41) is 10.6. The van der Waals surface area contributed by atoms with Crippen molar-refractivity contribution < 1.29 is 14.5 Å². The zero-order valence-electron chi connectivity index (χ0n) is 10.8. The van der Waals surface area contributed by atoms with Crippen LogP contribution < -0.4 is 10.6 Å². The van der Waals surface area contributed by atoms with Crippen molar-refractivity contribution >= 4 is 28.9 Å². The highest BCUT2D eigenvalue weighted by molar-refractivity contribution is 6.41. The molecule has 2 aromatic carbocycles. The molecule has 0 heterocycles. The Morgan fingerprint density at radius 2 is 1.48 bits per heavy atom. The number of nitrogens with two attached hydrogens (primary N) is 1. The molecule has 0 saturated carbocycles. The number of hydrogen-bond acceptors (Lipinski definition) is 4. The first-order chi connectivity index (χ1) is 10.0. The lowest BCUT2D eigenvalue weighted by Gasteiger charge is -2.21. The van der Waals surface area contributed by atoms with Crippen LogP contribution in [0.5, 0.6) is 0 Å². The summed E-state index contributed by atoms with van der Waals surface area (Å²) >= 11 is 0. The third kappa shape index (κ3) is 3.03. The van der Waals surface area contributed by atoms with Crippen molar-refractivity contribution in [1.29, 1.82) is 0 Å². The van der Waals surface area contributed by atoms with E-state index in [1.54, 1.807) is 30.3 Å². The number of anilines is 2. The lowest BCUT2D eigenvalue weighted by molar-refractivity contribution is -0.384. The number of non-ortho nitro benzene ring substituents is 1. The molecule has 0 aliphatic heterocycles. The molecule has 0 radical (unpaired) electrons. The van der Waals surface area contributed by atoms with Crippen molar-refractivity contribution in [3.05, 3.63) is 64.7 Å². The molecule has 7 nitrogen and oxygen atoms in total. The molecule has 0 aromatic heterocycles. The van der Waals surface area contributed by atoms with Crippen molar-refractivity contribution in [3.63, 3.8) is 0 Å². The van der Waals surface area contributed by atoms with E-state index in [-0.39, 0.29) is 5.69 Å². The van der Waals surface area contributed by atoms with Gasteiger partial charge in [0.05, 0.1) is 4.92 Å². The first kappa shape index (κ1) is 14.2. The van der Waals surface area contributed by atoms with E-state index in [1.165, 1.54) is 24.3 Å². The Kier molecular flexibility index (Phi) is 3.94. The summed E-state index contributed by atoms with van der Waals surface area (Å²) in [4.78, 5) is 34.4. The summed E-state index contributed by atoms with van der Waals surface area (Å²) in [5.74, 6) is -2.03. The Morgan fingerprint density at radius 3 is 1.95 bits per heavy atom. The number of primary amides is 1. The Balaban J connectivity index is 2.47. The highest BCUT2D eigenvalue weighted by Gasteiger charge is 2.23. The minimum absolute atomic E-state index is 0.113. The van der Waals surface area contributed by atoms with E-state index in [4.69, 9.17) is 5.73 Å². The van der Waals surface area contributed by atoms with Crippen molar-refractivity contribution in [2.45, 2.75) is 0 Å². The molecule has 0 saturated heterocycles. The quantitative estimate of drug-likeness (QED) is 0.526. The number of benzene rings is 2. The molecule has 2 aromatic rings. The van der Waals surface area contributed by atoms with Gasteiger partial charge in [0.15, 0.2) is 0 Å². The topological polar surface area (TPSA) is 107 Å². The number of carbonyl (C=O) groups is 2. The molecule has 0 fully saturated rings. The van der Waals surface area contributed by atoms with E-state index >= 15 is 0 Å². The van der Waals surface area contributed by atoms with Gasteiger partial charge in [0.25, 0.3) is 5.69 Å². The maximum absolute atomic E-state index is 12.0. The first-order valence-electron chi connectivity index (χ1n) is 5.94. The van der Waals surface area contributed by atoms with Gasteiger partial charge in [-0.1, -0.05) is 18.2 Å². The summed E-state index contributed by atoms with van der Waals surface area (Å²) < 4.78 is 0. The lowest BCUT2D eigenvalue weighted by atomic mass is 10.2. The zero-order valence-corrected chi connectivity index (χ0v) is 10.8. The predicted molar refractivity (Wildman–Crippen MR) is 75.9 cm³/mol. The molecule has 0 spiro atoms. The molecule has 0 aliphatic carbocycles. The normalized spacial score (nSPS) is 9.90. The smallest absolute Gasteiger partial charge is 0.320 e. The molecule has 2 N–H and O–H groups in total. The molecule has 106 valence electrons. The van der Waals surface area contributed by atoms with Gasteiger partial charge in [-0.2, -0.15) is 0 Å². The summed E-state index contributed by atoms with van der Waals surface area (Å²) in [6, 6.07) is 13.7. The Morgan fingerprint density at radius 1 is 0.952 bits per heavy atom. The number of amides is 2. The van der Waals surface area contributed by atoms with Crippen molar-refractivity contribution in [3.8, 4) is 0 Å². The van der Waals surface area contributed by atoms with Crippen LogP contribution in [-0.4, -0.2) is 16.7 Å². The van der Waals surface area contributed by atoms with Crippen molar-refractivity contribution in [2.24, 2.45) is 5.73 Å². The number of hydrogen-bond donors (Lipinski definition) is 1. The van der Waals surface area contributed by atoms with Crippen molar-refractivity contribution in [1.82, 2.24) is 0 Å². The van der Waals surface area contributed by atoms with E-state index in [0.29, 0.717) is 11.4 Å². The second-order valence-corrected chi connectivity index (χ2v) is 4.11. The molecule has 0 aliphatic rings. The van der Waals surface area contributed by atoms with Crippen LogP contribution >= 0.6 is 0 Å². The fraction of sp³-hybridized carbons (Fsp3) is 0. The van der Waals surface area contributed by atoms with Crippen LogP contribution in [0.3, 0.4) is 0 Å². The average Bonchev–Trinajstić information content (AvgIpc) is 2.49. The monoisotopic (exact) mass is 285 g/mol. The van der Waals surface area contributed by atoms with Crippen LogP contribution in [0.25, 0.3) is 0 Å². The highest BCUT2D eigenvalue weighted by atomic mass is 16.6. The zero-order chi connectivity index (χ0) is 15.4. The molecular weight excluding hydrogens is 274 g/mol. The standard InChI is InChI=1S/C14H11N3O4/c15-13(18)14(19)16(10-4-2-1-3-5-10)11-6-8-12(9-7-11)17(20)21/h1-9H,(H2,15,18). The summed E-state index contributed by atoms with van der Waals surface area (Å²) in [7, 11) is 0. The van der Waals surface area contributed by atoms with Crippen LogP contribution in [0.1, 0.15) is 0 Å². The number of nitrogens with zero attached hydrogens (tertiary/aromatic N) is 2. The molecular formula is C14H11N3O4. The molecule has 21 heavy (non-hydrogen) atoms. The summed E-state index contributed by atoms with van der Waals surface area (Å²) in [6.07, 6.45) is 0. The van der Waals surface area contributed by atoms with Crippen molar-refractivity contribution in [2.75, 3.05) is 4.90 Å². The second kappa shape index (κ2) is 5.83. The molecule has 2 rings (SSSR count). The van der Waals surface area contributed by atoms with Crippen LogP contribution in [0.2, 0.25) is 0 Å². The Hall–Kier alpha value is -3.22. The van der Waals surface area contributed by atoms with E-state index in [9.17, 15) is 19.7 Å². The minimum atomic E-state index is -1.11. The molecule has 0 unspecified atom stereocenters. The van der Waals surface area contributed by atoms with Gasteiger partial charge in [-0.05, 0) is 24.3 Å². The maximum Gasteiger partial charge on any atom is 0.320 e. The third-order valence-corrected chi connectivity index (χ3v) is 2.75. The van der Waals surface area contributed by atoms with Crippen LogP contribution in [0.4, 0.5) is 17.1 Å². The van der Waals surface area contributed by atoms with E-state index in [0.717, 1.165) is 4.90 Å². The first-order valence-corrected chi connectivity index (χ1v) is 5.94. The third-order valence-electron chi connectivity index (χ3n) is 2.75. The average molecular weight is 285 g/mol. The Labute approximate surface area is 119 Å². The molecule has 0 bridgehead atoms. The van der Waals surface area contributed by atoms with Gasteiger partial charge in [-0.3, -0.25) is 24.6 Å². The summed E-state index contributed by atoms with van der Waals surface area (Å²) in [6.45, 7) is 0. The van der Waals surface area contributed by atoms with Gasteiger partial charge in [0.2, 0.25) is 0 Å². The van der Waals surface area contributed by atoms with E-state index < -0.39 is 16.7 Å². The van der Waals surface area contributed by atoms with E-state index in [2.05, 4.69) is 0 Å². The minimum Gasteiger partial charge on any atom is -0.361 e. The SMILES string of the molecule is NC(=O)C(=O)N(c1ccccc1)c1ccc([N+](=O)[O-])cc1.